The molecule has 0 radical (unpaired) electrons. The molecular formula is C19H21FN2O4S. The largest absolute Gasteiger partial charge is 0.481 e. The summed E-state index contributed by atoms with van der Waals surface area (Å²) < 4.78 is 44.9. The van der Waals surface area contributed by atoms with Crippen LogP contribution in [0.15, 0.2) is 53.4 Å². The number of benzene rings is 2. The Labute approximate surface area is 158 Å². The summed E-state index contributed by atoms with van der Waals surface area (Å²) in [5.41, 5.74) is 0.447. The van der Waals surface area contributed by atoms with Crippen LogP contribution in [0.1, 0.15) is 19.8 Å². The first kappa shape index (κ1) is 19.3. The van der Waals surface area contributed by atoms with Crippen LogP contribution < -0.4 is 10.1 Å². The molecule has 8 heteroatoms. The van der Waals surface area contributed by atoms with Crippen molar-refractivity contribution < 1.29 is 22.3 Å². The van der Waals surface area contributed by atoms with E-state index >= 15 is 0 Å². The van der Waals surface area contributed by atoms with Gasteiger partial charge in [-0.1, -0.05) is 6.07 Å². The summed E-state index contributed by atoms with van der Waals surface area (Å²) in [6, 6.07) is 11.6. The second-order valence-corrected chi connectivity index (χ2v) is 8.48. The van der Waals surface area contributed by atoms with Crippen molar-refractivity contribution in [3.63, 3.8) is 0 Å². The van der Waals surface area contributed by atoms with Crippen molar-refractivity contribution in [2.45, 2.75) is 36.8 Å². The number of hydrogen-bond acceptors (Lipinski definition) is 4. The molecule has 0 aromatic heterocycles. The maximum Gasteiger partial charge on any atom is 0.265 e. The molecule has 3 rings (SSSR count). The number of ether oxygens (including phenoxy) is 1. The molecule has 0 bridgehead atoms. The van der Waals surface area contributed by atoms with Gasteiger partial charge in [-0.3, -0.25) is 4.79 Å². The maximum absolute atomic E-state index is 13.2. The summed E-state index contributed by atoms with van der Waals surface area (Å²) in [5.74, 6) is -0.625. The van der Waals surface area contributed by atoms with Gasteiger partial charge in [0, 0.05) is 24.8 Å². The molecule has 1 amide bonds. The van der Waals surface area contributed by atoms with E-state index in [9.17, 15) is 17.6 Å². The standard InChI is InChI=1S/C19H21FN2O4S/c1-13(26-17-5-3-4-14(20)12-17)19(23)21-15-6-10-18(11-7-15)27(24,25)22(2)16-8-9-16/h3-7,10-13,16H,8-9H2,1-2H3,(H,21,23). The summed E-state index contributed by atoms with van der Waals surface area (Å²) in [6.07, 6.45) is 0.913. The lowest BCUT2D eigenvalue weighted by molar-refractivity contribution is -0.122. The van der Waals surface area contributed by atoms with Gasteiger partial charge in [-0.25, -0.2) is 12.8 Å². The molecule has 1 atom stereocenters. The van der Waals surface area contributed by atoms with Gasteiger partial charge in [0.15, 0.2) is 6.10 Å². The summed E-state index contributed by atoms with van der Waals surface area (Å²) in [7, 11) is -1.94. The molecule has 2 aromatic rings. The third kappa shape index (κ3) is 4.64. The van der Waals surface area contributed by atoms with E-state index in [4.69, 9.17) is 4.74 Å². The molecule has 1 unspecified atom stereocenters. The number of amides is 1. The summed E-state index contributed by atoms with van der Waals surface area (Å²) in [6.45, 7) is 1.55. The topological polar surface area (TPSA) is 75.7 Å². The van der Waals surface area contributed by atoms with Gasteiger partial charge < -0.3 is 10.1 Å². The first-order valence-electron chi connectivity index (χ1n) is 8.58. The van der Waals surface area contributed by atoms with E-state index in [1.54, 1.807) is 20.0 Å². The van der Waals surface area contributed by atoms with Gasteiger partial charge in [-0.15, -0.1) is 0 Å². The Hall–Kier alpha value is -2.45. The molecule has 0 heterocycles. The fraction of sp³-hybridized carbons (Fsp3) is 0.316. The van der Waals surface area contributed by atoms with Gasteiger partial charge in [0.1, 0.15) is 11.6 Å². The zero-order chi connectivity index (χ0) is 19.6. The minimum Gasteiger partial charge on any atom is -0.481 e. The number of nitrogens with one attached hydrogen (secondary N) is 1. The predicted octanol–water partition coefficient (Wildman–Crippen LogP) is 3.01. The van der Waals surface area contributed by atoms with Crippen LogP contribution in [-0.2, 0) is 14.8 Å². The highest BCUT2D eigenvalue weighted by Crippen LogP contribution is 2.30. The van der Waals surface area contributed by atoms with Crippen LogP contribution in [0, 0.1) is 5.82 Å². The Morgan fingerprint density at radius 2 is 1.89 bits per heavy atom. The Morgan fingerprint density at radius 3 is 2.48 bits per heavy atom. The molecule has 1 fully saturated rings. The lowest BCUT2D eigenvalue weighted by atomic mass is 10.3. The molecule has 27 heavy (non-hydrogen) atoms. The number of halogens is 1. The molecule has 2 aromatic carbocycles. The van der Waals surface area contributed by atoms with Gasteiger partial charge in [0.2, 0.25) is 10.0 Å². The lowest BCUT2D eigenvalue weighted by Crippen LogP contribution is -2.30. The monoisotopic (exact) mass is 392 g/mol. The highest BCUT2D eigenvalue weighted by molar-refractivity contribution is 7.89. The van der Waals surface area contributed by atoms with Crippen LogP contribution in [0.3, 0.4) is 0 Å². The molecule has 0 saturated heterocycles. The Bertz CT molecular complexity index is 927. The van der Waals surface area contributed by atoms with Crippen LogP contribution in [0.4, 0.5) is 10.1 Å². The molecule has 0 aliphatic heterocycles. The van der Waals surface area contributed by atoms with Crippen molar-refractivity contribution >= 4 is 21.6 Å². The van der Waals surface area contributed by atoms with E-state index in [-0.39, 0.29) is 16.7 Å². The highest BCUT2D eigenvalue weighted by atomic mass is 32.2. The SMILES string of the molecule is CC(Oc1cccc(F)c1)C(=O)Nc1ccc(S(=O)(=O)N(C)C2CC2)cc1. The summed E-state index contributed by atoms with van der Waals surface area (Å²) in [4.78, 5) is 12.4. The molecule has 1 N–H and O–H groups in total. The van der Waals surface area contributed by atoms with Crippen LogP contribution >= 0.6 is 0 Å². The van der Waals surface area contributed by atoms with Crippen LogP contribution in [-0.4, -0.2) is 37.8 Å². The van der Waals surface area contributed by atoms with Gasteiger partial charge >= 0.3 is 0 Å². The normalized spacial score (nSPS) is 15.4. The molecule has 0 spiro atoms. The van der Waals surface area contributed by atoms with Crippen molar-refractivity contribution in [2.24, 2.45) is 0 Å². The highest BCUT2D eigenvalue weighted by Gasteiger charge is 2.34. The number of sulfonamides is 1. The fourth-order valence-electron chi connectivity index (χ4n) is 2.55. The number of rotatable bonds is 7. The smallest absolute Gasteiger partial charge is 0.265 e. The number of carbonyl (C=O) groups is 1. The first-order chi connectivity index (χ1) is 12.8. The molecule has 1 aliphatic carbocycles. The van der Waals surface area contributed by atoms with E-state index in [2.05, 4.69) is 5.32 Å². The minimum absolute atomic E-state index is 0.0789. The van der Waals surface area contributed by atoms with E-state index < -0.39 is 27.9 Å². The first-order valence-corrected chi connectivity index (χ1v) is 10.0. The third-order valence-electron chi connectivity index (χ3n) is 4.34. The zero-order valence-corrected chi connectivity index (χ0v) is 15.9. The van der Waals surface area contributed by atoms with Crippen molar-refractivity contribution in [2.75, 3.05) is 12.4 Å². The van der Waals surface area contributed by atoms with Gasteiger partial charge in [0.25, 0.3) is 5.91 Å². The van der Waals surface area contributed by atoms with E-state index in [1.807, 2.05) is 0 Å². The van der Waals surface area contributed by atoms with Crippen molar-refractivity contribution in [1.82, 2.24) is 4.31 Å². The van der Waals surface area contributed by atoms with Crippen molar-refractivity contribution in [3.05, 3.63) is 54.3 Å². The van der Waals surface area contributed by atoms with Crippen molar-refractivity contribution in [1.29, 1.82) is 0 Å². The average molecular weight is 392 g/mol. The van der Waals surface area contributed by atoms with Crippen molar-refractivity contribution in [3.8, 4) is 5.75 Å². The van der Waals surface area contributed by atoms with Crippen LogP contribution in [0.25, 0.3) is 0 Å². The molecule has 1 saturated carbocycles. The van der Waals surface area contributed by atoms with Crippen LogP contribution in [0.5, 0.6) is 5.75 Å². The van der Waals surface area contributed by atoms with Gasteiger partial charge in [-0.2, -0.15) is 4.31 Å². The zero-order valence-electron chi connectivity index (χ0n) is 15.1. The molecule has 144 valence electrons. The summed E-state index contributed by atoms with van der Waals surface area (Å²) >= 11 is 0. The second-order valence-electron chi connectivity index (χ2n) is 6.48. The van der Waals surface area contributed by atoms with Gasteiger partial charge in [-0.05, 0) is 56.2 Å². The number of hydrogen-bond donors (Lipinski definition) is 1. The predicted molar refractivity (Wildman–Crippen MR) is 99.5 cm³/mol. The summed E-state index contributed by atoms with van der Waals surface area (Å²) in [5, 5.41) is 2.65. The second kappa shape index (κ2) is 7.66. The van der Waals surface area contributed by atoms with Crippen LogP contribution in [0.2, 0.25) is 0 Å². The number of nitrogens with zero attached hydrogens (tertiary/aromatic N) is 1. The molecular weight excluding hydrogens is 371 g/mol. The Balaban J connectivity index is 1.62. The van der Waals surface area contributed by atoms with E-state index in [1.165, 1.54) is 46.8 Å². The maximum atomic E-state index is 13.2. The molecule has 6 nitrogen and oxygen atoms in total. The average Bonchev–Trinajstić information content (AvgIpc) is 3.46. The Kier molecular flexibility index (Phi) is 5.48. The fourth-order valence-corrected chi connectivity index (χ4v) is 3.97. The third-order valence-corrected chi connectivity index (χ3v) is 6.26. The number of carbonyl (C=O) groups excluding carboxylic acids is 1. The van der Waals surface area contributed by atoms with E-state index in [0.717, 1.165) is 12.8 Å². The minimum atomic E-state index is -3.52. The number of anilines is 1. The van der Waals surface area contributed by atoms with Gasteiger partial charge in [0.05, 0.1) is 4.90 Å². The quantitative estimate of drug-likeness (QED) is 0.786. The lowest BCUT2D eigenvalue weighted by Gasteiger charge is -2.17. The Morgan fingerprint density at radius 1 is 1.22 bits per heavy atom. The van der Waals surface area contributed by atoms with E-state index in [0.29, 0.717) is 5.69 Å². The molecule has 1 aliphatic rings.